The van der Waals surface area contributed by atoms with E-state index in [1.54, 1.807) is 43.3 Å². The van der Waals surface area contributed by atoms with Crippen LogP contribution in [0.15, 0.2) is 96.3 Å². The zero-order chi connectivity index (χ0) is 24.5. The third kappa shape index (κ3) is 3.90. The van der Waals surface area contributed by atoms with Gasteiger partial charge in [-0.25, -0.2) is 4.98 Å². The zero-order valence-corrected chi connectivity index (χ0v) is 20.0. The Balaban J connectivity index is 1.66. The van der Waals surface area contributed by atoms with E-state index in [0.717, 1.165) is 5.56 Å². The van der Waals surface area contributed by atoms with Crippen molar-refractivity contribution in [3.8, 4) is 16.3 Å². The van der Waals surface area contributed by atoms with Gasteiger partial charge in [0.25, 0.3) is 5.91 Å². The minimum Gasteiger partial charge on any atom is -0.503 e. The number of carbonyl (C=O) groups excluding carboxylic acids is 2. The lowest BCUT2D eigenvalue weighted by Gasteiger charge is -2.28. The molecule has 2 heterocycles. The number of thiazole rings is 1. The van der Waals surface area contributed by atoms with E-state index in [1.165, 1.54) is 23.3 Å². The summed E-state index contributed by atoms with van der Waals surface area (Å²) in [6.07, 6.45) is 0. The summed E-state index contributed by atoms with van der Waals surface area (Å²) in [7, 11) is 1.53. The van der Waals surface area contributed by atoms with Crippen LogP contribution in [0.2, 0.25) is 0 Å². The summed E-state index contributed by atoms with van der Waals surface area (Å²) in [6, 6.07) is 24.9. The second kappa shape index (κ2) is 9.19. The Kier molecular flexibility index (Phi) is 5.93. The number of methoxy groups -OCH3 is 1. The van der Waals surface area contributed by atoms with Crippen molar-refractivity contribution in [3.05, 3.63) is 112 Å². The summed E-state index contributed by atoms with van der Waals surface area (Å²) in [5.74, 6) is -1.12. The Bertz CT molecular complexity index is 1440. The van der Waals surface area contributed by atoms with Crippen molar-refractivity contribution in [2.75, 3.05) is 12.0 Å². The molecule has 1 atom stereocenters. The predicted molar refractivity (Wildman–Crippen MR) is 136 cm³/mol. The summed E-state index contributed by atoms with van der Waals surface area (Å²) in [4.78, 5) is 33.7. The van der Waals surface area contributed by atoms with Crippen LogP contribution in [0.4, 0.5) is 5.69 Å². The maximum absolute atomic E-state index is 14.0. The molecule has 0 bridgehead atoms. The predicted octanol–water partition coefficient (Wildman–Crippen LogP) is 5.91. The Morgan fingerprint density at radius 2 is 1.60 bits per heavy atom. The number of aliphatic hydroxyl groups is 1. The molecule has 1 amide bonds. The van der Waals surface area contributed by atoms with E-state index in [1.807, 2.05) is 48.5 Å². The molecule has 1 aliphatic heterocycles. The van der Waals surface area contributed by atoms with Crippen LogP contribution in [-0.2, 0) is 4.79 Å². The third-order valence-electron chi connectivity index (χ3n) is 5.94. The van der Waals surface area contributed by atoms with E-state index in [9.17, 15) is 14.7 Å². The molecule has 174 valence electrons. The van der Waals surface area contributed by atoms with E-state index in [2.05, 4.69) is 4.98 Å². The van der Waals surface area contributed by atoms with E-state index >= 15 is 0 Å². The van der Waals surface area contributed by atoms with Gasteiger partial charge in [0.1, 0.15) is 10.8 Å². The Morgan fingerprint density at radius 3 is 2.29 bits per heavy atom. The van der Waals surface area contributed by atoms with Crippen LogP contribution in [0.3, 0.4) is 0 Å². The first-order valence-corrected chi connectivity index (χ1v) is 11.8. The first-order chi connectivity index (χ1) is 17.0. The summed E-state index contributed by atoms with van der Waals surface area (Å²) >= 11 is 1.25. The number of ketones is 1. The molecule has 0 radical (unpaired) electrons. The molecule has 4 aromatic rings. The summed E-state index contributed by atoms with van der Waals surface area (Å²) in [5.41, 5.74) is 2.62. The highest BCUT2D eigenvalue weighted by Gasteiger charge is 2.46. The minimum atomic E-state index is -0.866. The molecule has 35 heavy (non-hydrogen) atoms. The fourth-order valence-electron chi connectivity index (χ4n) is 4.31. The van der Waals surface area contributed by atoms with Gasteiger partial charge in [-0.05, 0) is 25.1 Å². The number of carbonyl (C=O) groups is 2. The molecule has 1 aliphatic rings. The highest BCUT2D eigenvalue weighted by atomic mass is 32.1. The number of nitrogens with zero attached hydrogens (tertiary/aromatic N) is 2. The maximum atomic E-state index is 14.0. The Labute approximate surface area is 206 Å². The second-order valence-corrected chi connectivity index (χ2v) is 9.05. The number of aromatic nitrogens is 1. The summed E-state index contributed by atoms with van der Waals surface area (Å²) in [5, 5.41) is 11.7. The summed E-state index contributed by atoms with van der Waals surface area (Å²) in [6.45, 7) is 1.76. The smallest absolute Gasteiger partial charge is 0.294 e. The number of rotatable bonds is 6. The van der Waals surface area contributed by atoms with Crippen molar-refractivity contribution < 1.29 is 19.4 Å². The van der Waals surface area contributed by atoms with Gasteiger partial charge in [-0.15, -0.1) is 11.3 Å². The standard InChI is InChI=1S/C28H22N2O4S/c1-17-26(35-27(29-17)18-11-5-3-6-12-18)24(31)22-23(20-15-9-10-16-21(20)34-2)30(28(33)25(22)32)19-13-7-4-8-14-19/h3-16,23,32H,1-2H3. The summed E-state index contributed by atoms with van der Waals surface area (Å²) < 4.78 is 5.57. The minimum absolute atomic E-state index is 0.00900. The number of benzene rings is 3. The van der Waals surface area contributed by atoms with Gasteiger partial charge < -0.3 is 9.84 Å². The normalized spacial score (nSPS) is 15.5. The molecular weight excluding hydrogens is 460 g/mol. The highest BCUT2D eigenvalue weighted by Crippen LogP contribution is 2.45. The van der Waals surface area contributed by atoms with Gasteiger partial charge in [-0.2, -0.15) is 0 Å². The third-order valence-corrected chi connectivity index (χ3v) is 7.15. The molecule has 6 nitrogen and oxygen atoms in total. The number of para-hydroxylation sites is 2. The van der Waals surface area contributed by atoms with Crippen molar-refractivity contribution in [2.24, 2.45) is 0 Å². The molecule has 5 rings (SSSR count). The first-order valence-electron chi connectivity index (χ1n) is 11.0. The Hall–Kier alpha value is -4.23. The number of aliphatic hydroxyl groups excluding tert-OH is 1. The van der Waals surface area contributed by atoms with E-state index in [0.29, 0.717) is 32.6 Å². The quantitative estimate of drug-likeness (QED) is 0.346. The van der Waals surface area contributed by atoms with E-state index in [4.69, 9.17) is 4.74 Å². The number of hydrogen-bond acceptors (Lipinski definition) is 6. The lowest BCUT2D eigenvalue weighted by molar-refractivity contribution is -0.117. The van der Waals surface area contributed by atoms with Gasteiger partial charge in [-0.1, -0.05) is 66.7 Å². The number of hydrogen-bond donors (Lipinski definition) is 1. The topological polar surface area (TPSA) is 79.7 Å². The molecule has 3 aromatic carbocycles. The molecule has 0 fully saturated rings. The number of anilines is 1. The van der Waals surface area contributed by atoms with Gasteiger partial charge in [0.05, 0.1) is 29.3 Å². The average molecular weight is 483 g/mol. The molecule has 7 heteroatoms. The molecular formula is C28H22N2O4S. The average Bonchev–Trinajstić information content (AvgIpc) is 3.42. The van der Waals surface area contributed by atoms with Crippen molar-refractivity contribution >= 4 is 28.7 Å². The second-order valence-electron chi connectivity index (χ2n) is 8.05. The van der Waals surface area contributed by atoms with Crippen molar-refractivity contribution in [3.63, 3.8) is 0 Å². The van der Waals surface area contributed by atoms with Crippen LogP contribution >= 0.6 is 11.3 Å². The van der Waals surface area contributed by atoms with Gasteiger partial charge in [0, 0.05) is 16.8 Å². The van der Waals surface area contributed by atoms with Gasteiger partial charge >= 0.3 is 0 Å². The molecule has 0 spiro atoms. The molecule has 0 saturated heterocycles. The molecule has 1 aromatic heterocycles. The molecule has 0 saturated carbocycles. The molecule has 1 N–H and O–H groups in total. The number of amides is 1. The maximum Gasteiger partial charge on any atom is 0.294 e. The number of ether oxygens (including phenoxy) is 1. The van der Waals surface area contributed by atoms with Crippen molar-refractivity contribution in [1.82, 2.24) is 4.98 Å². The van der Waals surface area contributed by atoms with Gasteiger partial charge in [0.2, 0.25) is 5.78 Å². The van der Waals surface area contributed by atoms with E-state index < -0.39 is 23.5 Å². The lowest BCUT2D eigenvalue weighted by Crippen LogP contribution is -2.31. The number of aryl methyl sites for hydroxylation is 1. The van der Waals surface area contributed by atoms with Crippen LogP contribution in [-0.4, -0.2) is 28.9 Å². The van der Waals surface area contributed by atoms with Crippen LogP contribution in [0.25, 0.3) is 10.6 Å². The molecule has 1 unspecified atom stereocenters. The van der Waals surface area contributed by atoms with E-state index in [-0.39, 0.29) is 5.57 Å². The van der Waals surface area contributed by atoms with Crippen LogP contribution in [0.5, 0.6) is 5.75 Å². The first kappa shape index (κ1) is 22.6. The SMILES string of the molecule is COc1ccccc1C1C(C(=O)c2sc(-c3ccccc3)nc2C)=C(O)C(=O)N1c1ccccc1. The van der Waals surface area contributed by atoms with Crippen LogP contribution < -0.4 is 9.64 Å². The van der Waals surface area contributed by atoms with Crippen molar-refractivity contribution in [2.45, 2.75) is 13.0 Å². The zero-order valence-electron chi connectivity index (χ0n) is 19.1. The molecule has 0 aliphatic carbocycles. The lowest BCUT2D eigenvalue weighted by atomic mass is 9.94. The van der Waals surface area contributed by atoms with Crippen LogP contribution in [0.1, 0.15) is 27.0 Å². The largest absolute Gasteiger partial charge is 0.503 e. The van der Waals surface area contributed by atoms with Gasteiger partial charge in [0.15, 0.2) is 5.76 Å². The van der Waals surface area contributed by atoms with Gasteiger partial charge in [-0.3, -0.25) is 14.5 Å². The number of Topliss-reactive ketones (excluding diaryl/α,β-unsaturated/α-hetero) is 1. The van der Waals surface area contributed by atoms with Crippen LogP contribution in [0, 0.1) is 6.92 Å². The monoisotopic (exact) mass is 482 g/mol. The fourth-order valence-corrected chi connectivity index (χ4v) is 5.34. The Morgan fingerprint density at radius 1 is 0.971 bits per heavy atom. The fraction of sp³-hybridized carbons (Fsp3) is 0.107. The highest BCUT2D eigenvalue weighted by molar-refractivity contribution is 7.17. The van der Waals surface area contributed by atoms with Crippen molar-refractivity contribution in [1.29, 1.82) is 0 Å².